The smallest absolute Gasteiger partial charge is 0.0300 e. The van der Waals surface area contributed by atoms with E-state index in [0.29, 0.717) is 6.04 Å². The van der Waals surface area contributed by atoms with Gasteiger partial charge in [0.25, 0.3) is 0 Å². The molecule has 0 saturated heterocycles. The van der Waals surface area contributed by atoms with Crippen LogP contribution in [0.4, 0.5) is 0 Å². The Morgan fingerprint density at radius 3 is 2.69 bits per heavy atom. The molecular formula is C11H17NS. The molecule has 1 aromatic rings. The Kier molecular flexibility index (Phi) is 4.33. The molecule has 0 amide bonds. The van der Waals surface area contributed by atoms with Crippen molar-refractivity contribution in [2.45, 2.75) is 24.8 Å². The molecule has 0 saturated carbocycles. The SMILES string of the molecule is CCSc1ccccc1C(C)NC. The van der Waals surface area contributed by atoms with Crippen molar-refractivity contribution in [3.63, 3.8) is 0 Å². The second kappa shape index (κ2) is 5.30. The standard InChI is InChI=1S/C11H17NS/c1-4-13-11-8-6-5-7-10(11)9(2)12-3/h5-9,12H,4H2,1-3H3. The van der Waals surface area contributed by atoms with Gasteiger partial charge in [0.05, 0.1) is 0 Å². The van der Waals surface area contributed by atoms with E-state index in [-0.39, 0.29) is 0 Å². The monoisotopic (exact) mass is 195 g/mol. The third-order valence-electron chi connectivity index (χ3n) is 2.12. The quantitative estimate of drug-likeness (QED) is 0.741. The van der Waals surface area contributed by atoms with Crippen LogP contribution in [0.1, 0.15) is 25.5 Å². The van der Waals surface area contributed by atoms with Gasteiger partial charge in [-0.15, -0.1) is 11.8 Å². The highest BCUT2D eigenvalue weighted by atomic mass is 32.2. The summed E-state index contributed by atoms with van der Waals surface area (Å²) < 4.78 is 0. The predicted octanol–water partition coefficient (Wildman–Crippen LogP) is 3.08. The van der Waals surface area contributed by atoms with E-state index in [1.165, 1.54) is 10.5 Å². The molecule has 0 bridgehead atoms. The summed E-state index contributed by atoms with van der Waals surface area (Å²) in [4.78, 5) is 1.40. The molecule has 0 aliphatic heterocycles. The van der Waals surface area contributed by atoms with Crippen molar-refractivity contribution in [1.82, 2.24) is 5.32 Å². The molecule has 13 heavy (non-hydrogen) atoms. The fraction of sp³-hybridized carbons (Fsp3) is 0.455. The topological polar surface area (TPSA) is 12.0 Å². The van der Waals surface area contributed by atoms with Crippen LogP contribution in [0.3, 0.4) is 0 Å². The van der Waals surface area contributed by atoms with Gasteiger partial charge in [0, 0.05) is 10.9 Å². The van der Waals surface area contributed by atoms with Gasteiger partial charge >= 0.3 is 0 Å². The third kappa shape index (κ3) is 2.75. The summed E-state index contributed by atoms with van der Waals surface area (Å²) in [7, 11) is 2.00. The molecule has 1 atom stereocenters. The van der Waals surface area contributed by atoms with Crippen LogP contribution in [0, 0.1) is 0 Å². The Balaban J connectivity index is 2.90. The maximum absolute atomic E-state index is 3.27. The van der Waals surface area contributed by atoms with Crippen molar-refractivity contribution < 1.29 is 0 Å². The van der Waals surface area contributed by atoms with Crippen LogP contribution in [-0.2, 0) is 0 Å². The van der Waals surface area contributed by atoms with Crippen molar-refractivity contribution in [2.75, 3.05) is 12.8 Å². The van der Waals surface area contributed by atoms with Crippen LogP contribution >= 0.6 is 11.8 Å². The first-order chi connectivity index (χ1) is 6.29. The molecule has 1 rings (SSSR count). The molecule has 0 aromatic heterocycles. The normalized spacial score (nSPS) is 12.8. The lowest BCUT2D eigenvalue weighted by Crippen LogP contribution is -2.13. The van der Waals surface area contributed by atoms with Crippen LogP contribution in [0.15, 0.2) is 29.2 Å². The van der Waals surface area contributed by atoms with Gasteiger partial charge in [-0.3, -0.25) is 0 Å². The van der Waals surface area contributed by atoms with E-state index < -0.39 is 0 Å². The van der Waals surface area contributed by atoms with E-state index >= 15 is 0 Å². The number of hydrogen-bond donors (Lipinski definition) is 1. The minimum Gasteiger partial charge on any atom is -0.313 e. The van der Waals surface area contributed by atoms with Crippen LogP contribution in [0.25, 0.3) is 0 Å². The van der Waals surface area contributed by atoms with E-state index in [4.69, 9.17) is 0 Å². The maximum Gasteiger partial charge on any atom is 0.0300 e. The summed E-state index contributed by atoms with van der Waals surface area (Å²) in [6.07, 6.45) is 0. The van der Waals surface area contributed by atoms with Gasteiger partial charge < -0.3 is 5.32 Å². The summed E-state index contributed by atoms with van der Waals surface area (Å²) in [5, 5.41) is 3.27. The van der Waals surface area contributed by atoms with Gasteiger partial charge in [-0.25, -0.2) is 0 Å². The highest BCUT2D eigenvalue weighted by Crippen LogP contribution is 2.26. The highest BCUT2D eigenvalue weighted by Gasteiger charge is 2.06. The van der Waals surface area contributed by atoms with E-state index in [9.17, 15) is 0 Å². The summed E-state index contributed by atoms with van der Waals surface area (Å²) in [6.45, 7) is 4.38. The summed E-state index contributed by atoms with van der Waals surface area (Å²) in [5.41, 5.74) is 1.40. The van der Waals surface area contributed by atoms with Crippen LogP contribution in [0.5, 0.6) is 0 Å². The van der Waals surface area contributed by atoms with Crippen molar-refractivity contribution in [2.24, 2.45) is 0 Å². The Bertz CT molecular complexity index is 260. The first-order valence-electron chi connectivity index (χ1n) is 4.68. The second-order valence-corrected chi connectivity index (χ2v) is 4.29. The number of benzene rings is 1. The average molecular weight is 195 g/mol. The zero-order chi connectivity index (χ0) is 9.68. The fourth-order valence-corrected chi connectivity index (χ4v) is 2.18. The molecule has 1 N–H and O–H groups in total. The van der Waals surface area contributed by atoms with Gasteiger partial charge in [0.2, 0.25) is 0 Å². The summed E-state index contributed by atoms with van der Waals surface area (Å²) >= 11 is 1.91. The minimum atomic E-state index is 0.440. The van der Waals surface area contributed by atoms with Crippen LogP contribution < -0.4 is 5.32 Å². The first-order valence-corrected chi connectivity index (χ1v) is 5.67. The molecular weight excluding hydrogens is 178 g/mol. The Morgan fingerprint density at radius 2 is 2.08 bits per heavy atom. The summed E-state index contributed by atoms with van der Waals surface area (Å²) in [5.74, 6) is 1.13. The molecule has 0 fully saturated rings. The first kappa shape index (κ1) is 10.6. The van der Waals surface area contributed by atoms with Crippen LogP contribution in [0.2, 0.25) is 0 Å². The lowest BCUT2D eigenvalue weighted by Gasteiger charge is -2.14. The molecule has 0 aliphatic rings. The summed E-state index contributed by atoms with van der Waals surface area (Å²) in [6, 6.07) is 9.03. The van der Waals surface area contributed by atoms with E-state index in [1.54, 1.807) is 0 Å². The Morgan fingerprint density at radius 1 is 1.38 bits per heavy atom. The van der Waals surface area contributed by atoms with Crippen LogP contribution in [-0.4, -0.2) is 12.8 Å². The van der Waals surface area contributed by atoms with Crippen molar-refractivity contribution in [3.8, 4) is 0 Å². The Labute approximate surface area is 84.9 Å². The zero-order valence-electron chi connectivity index (χ0n) is 8.50. The second-order valence-electron chi connectivity index (χ2n) is 2.98. The van der Waals surface area contributed by atoms with Crippen molar-refractivity contribution in [1.29, 1.82) is 0 Å². The van der Waals surface area contributed by atoms with Gasteiger partial charge in [0.1, 0.15) is 0 Å². The Hall–Kier alpha value is -0.470. The molecule has 0 heterocycles. The lowest BCUT2D eigenvalue weighted by atomic mass is 10.1. The number of thioether (sulfide) groups is 1. The lowest BCUT2D eigenvalue weighted by molar-refractivity contribution is 0.641. The van der Waals surface area contributed by atoms with E-state index in [2.05, 4.69) is 43.4 Å². The predicted molar refractivity (Wildman–Crippen MR) is 60.3 cm³/mol. The zero-order valence-corrected chi connectivity index (χ0v) is 9.32. The maximum atomic E-state index is 3.27. The molecule has 0 aliphatic carbocycles. The van der Waals surface area contributed by atoms with Crippen molar-refractivity contribution >= 4 is 11.8 Å². The van der Waals surface area contributed by atoms with Gasteiger partial charge in [-0.05, 0) is 31.4 Å². The molecule has 0 spiro atoms. The fourth-order valence-electron chi connectivity index (χ4n) is 1.28. The molecule has 1 nitrogen and oxygen atoms in total. The number of nitrogens with one attached hydrogen (secondary N) is 1. The van der Waals surface area contributed by atoms with Gasteiger partial charge in [0.15, 0.2) is 0 Å². The molecule has 0 radical (unpaired) electrons. The third-order valence-corrected chi connectivity index (χ3v) is 3.09. The number of rotatable bonds is 4. The average Bonchev–Trinajstić information content (AvgIpc) is 2.18. The largest absolute Gasteiger partial charge is 0.313 e. The van der Waals surface area contributed by atoms with Crippen molar-refractivity contribution in [3.05, 3.63) is 29.8 Å². The highest BCUT2D eigenvalue weighted by molar-refractivity contribution is 7.99. The van der Waals surface area contributed by atoms with E-state index in [1.807, 2.05) is 18.8 Å². The minimum absolute atomic E-state index is 0.440. The van der Waals surface area contributed by atoms with E-state index in [0.717, 1.165) is 5.75 Å². The van der Waals surface area contributed by atoms with Gasteiger partial charge in [-0.1, -0.05) is 25.1 Å². The molecule has 1 unspecified atom stereocenters. The number of hydrogen-bond acceptors (Lipinski definition) is 2. The molecule has 1 aromatic carbocycles. The molecule has 2 heteroatoms. The van der Waals surface area contributed by atoms with Gasteiger partial charge in [-0.2, -0.15) is 0 Å². The molecule has 72 valence electrons.